The zero-order chi connectivity index (χ0) is 15.3. The van der Waals surface area contributed by atoms with Crippen molar-refractivity contribution < 1.29 is 14.7 Å². The zero-order valence-electron chi connectivity index (χ0n) is 13.1. The molecular weight excluding hydrogens is 268 g/mol. The van der Waals surface area contributed by atoms with Crippen molar-refractivity contribution in [1.82, 2.24) is 10.2 Å². The van der Waals surface area contributed by atoms with Crippen LogP contribution in [0.15, 0.2) is 0 Å². The summed E-state index contributed by atoms with van der Waals surface area (Å²) in [6.45, 7) is 0.728. The van der Waals surface area contributed by atoms with Crippen molar-refractivity contribution in [2.45, 2.75) is 69.7 Å². The molecule has 0 saturated heterocycles. The van der Waals surface area contributed by atoms with Gasteiger partial charge in [-0.05, 0) is 31.6 Å². The van der Waals surface area contributed by atoms with Crippen molar-refractivity contribution in [3.8, 4) is 0 Å². The molecule has 0 radical (unpaired) electrons. The second-order valence-corrected chi connectivity index (χ2v) is 6.75. The Bertz CT molecular complexity index is 372. The summed E-state index contributed by atoms with van der Waals surface area (Å²) in [6, 6.07) is -0.106. The van der Waals surface area contributed by atoms with Gasteiger partial charge in [-0.2, -0.15) is 0 Å². The maximum Gasteiger partial charge on any atom is 0.317 e. The molecule has 2 rings (SSSR count). The first-order valence-electron chi connectivity index (χ1n) is 8.27. The molecule has 2 saturated carbocycles. The van der Waals surface area contributed by atoms with Gasteiger partial charge in [0.1, 0.15) is 0 Å². The lowest BCUT2D eigenvalue weighted by Crippen LogP contribution is -2.55. The number of hydrogen-bond donors (Lipinski definition) is 2. The number of carbonyl (C=O) groups is 2. The molecule has 0 aliphatic heterocycles. The lowest BCUT2D eigenvalue weighted by molar-refractivity contribution is -0.140. The van der Waals surface area contributed by atoms with Crippen LogP contribution in [0.4, 0.5) is 4.79 Å². The molecule has 2 fully saturated rings. The maximum absolute atomic E-state index is 12.4. The largest absolute Gasteiger partial charge is 0.481 e. The van der Waals surface area contributed by atoms with Crippen LogP contribution >= 0.6 is 0 Å². The first-order chi connectivity index (χ1) is 10.0. The molecule has 0 heterocycles. The van der Waals surface area contributed by atoms with Gasteiger partial charge in [0.2, 0.25) is 0 Å². The molecule has 120 valence electrons. The molecule has 2 aliphatic carbocycles. The van der Waals surface area contributed by atoms with E-state index in [4.69, 9.17) is 0 Å². The normalized spacial score (nSPS) is 22.0. The Morgan fingerprint density at radius 3 is 2.33 bits per heavy atom. The van der Waals surface area contributed by atoms with Crippen molar-refractivity contribution in [1.29, 1.82) is 0 Å². The van der Waals surface area contributed by atoms with Crippen LogP contribution in [0, 0.1) is 5.92 Å². The fraction of sp³-hybridized carbons (Fsp3) is 0.875. The molecule has 0 aromatic heterocycles. The van der Waals surface area contributed by atoms with Crippen molar-refractivity contribution >= 4 is 12.0 Å². The van der Waals surface area contributed by atoms with Gasteiger partial charge in [0.05, 0.1) is 12.0 Å². The van der Waals surface area contributed by atoms with Crippen LogP contribution in [0.5, 0.6) is 0 Å². The van der Waals surface area contributed by atoms with Gasteiger partial charge in [0, 0.05) is 13.6 Å². The minimum atomic E-state index is -0.813. The molecule has 0 atom stereocenters. The predicted molar refractivity (Wildman–Crippen MR) is 81.2 cm³/mol. The van der Waals surface area contributed by atoms with Gasteiger partial charge < -0.3 is 15.3 Å². The number of carboxylic acid groups (broad SMARTS) is 1. The maximum atomic E-state index is 12.4. The van der Waals surface area contributed by atoms with Crippen molar-refractivity contribution in [3.63, 3.8) is 0 Å². The molecule has 2 N–H and O–H groups in total. The molecule has 2 aliphatic rings. The first kappa shape index (κ1) is 16.1. The number of hydrogen-bond acceptors (Lipinski definition) is 2. The Morgan fingerprint density at radius 2 is 1.76 bits per heavy atom. The fourth-order valence-corrected chi connectivity index (χ4v) is 3.90. The predicted octanol–water partition coefficient (Wildman–Crippen LogP) is 3.00. The fourth-order valence-electron chi connectivity index (χ4n) is 3.90. The lowest BCUT2D eigenvalue weighted by Gasteiger charge is -2.43. The minimum absolute atomic E-state index is 0.0559. The summed E-state index contributed by atoms with van der Waals surface area (Å²) in [4.78, 5) is 25.3. The van der Waals surface area contributed by atoms with Gasteiger partial charge in [-0.3, -0.25) is 4.79 Å². The van der Waals surface area contributed by atoms with Crippen LogP contribution in [0.25, 0.3) is 0 Å². The minimum Gasteiger partial charge on any atom is -0.481 e. The highest BCUT2D eigenvalue weighted by Crippen LogP contribution is 2.36. The van der Waals surface area contributed by atoms with E-state index in [0.29, 0.717) is 5.92 Å². The van der Waals surface area contributed by atoms with Crippen LogP contribution in [0.2, 0.25) is 0 Å². The van der Waals surface area contributed by atoms with E-state index < -0.39 is 11.5 Å². The van der Waals surface area contributed by atoms with E-state index in [-0.39, 0.29) is 12.5 Å². The smallest absolute Gasteiger partial charge is 0.317 e. The first-order valence-corrected chi connectivity index (χ1v) is 8.27. The summed E-state index contributed by atoms with van der Waals surface area (Å²) in [5.41, 5.74) is -0.496. The topological polar surface area (TPSA) is 69.6 Å². The van der Waals surface area contributed by atoms with E-state index in [0.717, 1.165) is 38.6 Å². The van der Waals surface area contributed by atoms with Crippen molar-refractivity contribution in [2.24, 2.45) is 5.92 Å². The summed E-state index contributed by atoms with van der Waals surface area (Å²) in [5, 5.41) is 12.2. The number of aliphatic carboxylic acids is 1. The molecule has 21 heavy (non-hydrogen) atoms. The summed E-state index contributed by atoms with van der Waals surface area (Å²) < 4.78 is 0. The van der Waals surface area contributed by atoms with Gasteiger partial charge in [-0.1, -0.05) is 32.1 Å². The van der Waals surface area contributed by atoms with Crippen LogP contribution in [0.3, 0.4) is 0 Å². The van der Waals surface area contributed by atoms with Crippen LogP contribution in [-0.4, -0.2) is 41.1 Å². The molecule has 5 nitrogen and oxygen atoms in total. The van der Waals surface area contributed by atoms with Crippen LogP contribution < -0.4 is 5.32 Å². The lowest BCUT2D eigenvalue weighted by atomic mass is 9.78. The Kier molecular flexibility index (Phi) is 5.48. The van der Waals surface area contributed by atoms with Crippen molar-refractivity contribution in [2.75, 3.05) is 13.6 Å². The third kappa shape index (κ3) is 4.11. The van der Waals surface area contributed by atoms with Gasteiger partial charge in [0.15, 0.2) is 0 Å². The van der Waals surface area contributed by atoms with E-state index >= 15 is 0 Å². The third-order valence-corrected chi connectivity index (χ3v) is 5.30. The van der Waals surface area contributed by atoms with Crippen molar-refractivity contribution in [3.05, 3.63) is 0 Å². The number of urea groups is 1. The average molecular weight is 296 g/mol. The van der Waals surface area contributed by atoms with E-state index in [1.54, 1.807) is 11.9 Å². The third-order valence-electron chi connectivity index (χ3n) is 5.30. The standard InChI is InChI=1S/C16H28N2O3/c1-18(15(21)17-12-13-7-3-4-8-13)16(11-14(19)20)9-5-2-6-10-16/h13H,2-12H2,1H3,(H,17,21)(H,19,20). The van der Waals surface area contributed by atoms with E-state index in [1.807, 2.05) is 0 Å². The average Bonchev–Trinajstić information content (AvgIpc) is 2.97. The Hall–Kier alpha value is -1.26. The zero-order valence-corrected chi connectivity index (χ0v) is 13.1. The second kappa shape index (κ2) is 7.14. The summed E-state index contributed by atoms with van der Waals surface area (Å²) in [5.74, 6) is -0.212. The number of carboxylic acids is 1. The van der Waals surface area contributed by atoms with Gasteiger partial charge >= 0.3 is 12.0 Å². The van der Waals surface area contributed by atoms with Gasteiger partial charge in [-0.25, -0.2) is 4.79 Å². The number of amides is 2. The molecule has 0 aromatic rings. The number of nitrogens with one attached hydrogen (secondary N) is 1. The molecule has 2 amide bonds. The highest BCUT2D eigenvalue weighted by Gasteiger charge is 2.40. The second-order valence-electron chi connectivity index (χ2n) is 6.75. The summed E-state index contributed by atoms with van der Waals surface area (Å²) >= 11 is 0. The van der Waals surface area contributed by atoms with Crippen LogP contribution in [0.1, 0.15) is 64.2 Å². The molecule has 0 aromatic carbocycles. The SMILES string of the molecule is CN(C(=O)NCC1CCCC1)C1(CC(=O)O)CCCCC1. The molecule has 0 unspecified atom stereocenters. The molecular formula is C16H28N2O3. The van der Waals surface area contributed by atoms with Gasteiger partial charge in [-0.15, -0.1) is 0 Å². The van der Waals surface area contributed by atoms with E-state index in [2.05, 4.69) is 5.32 Å². The summed E-state index contributed by atoms with van der Waals surface area (Å²) in [6.07, 6.45) is 9.73. The Labute approximate surface area is 127 Å². The molecule has 0 spiro atoms. The number of nitrogens with zero attached hydrogens (tertiary/aromatic N) is 1. The number of rotatable bonds is 5. The van der Waals surface area contributed by atoms with E-state index in [1.165, 1.54) is 25.7 Å². The number of carbonyl (C=O) groups excluding carboxylic acids is 1. The monoisotopic (exact) mass is 296 g/mol. The Balaban J connectivity index is 1.93. The summed E-state index contributed by atoms with van der Waals surface area (Å²) in [7, 11) is 1.76. The van der Waals surface area contributed by atoms with Gasteiger partial charge in [0.25, 0.3) is 0 Å². The molecule has 5 heteroatoms. The highest BCUT2D eigenvalue weighted by atomic mass is 16.4. The van der Waals surface area contributed by atoms with E-state index in [9.17, 15) is 14.7 Å². The quantitative estimate of drug-likeness (QED) is 0.819. The Morgan fingerprint density at radius 1 is 1.14 bits per heavy atom. The molecule has 0 bridgehead atoms. The van der Waals surface area contributed by atoms with Crippen LogP contribution in [-0.2, 0) is 4.79 Å². The highest BCUT2D eigenvalue weighted by molar-refractivity contribution is 5.76.